The molecule has 0 fully saturated rings. The lowest BCUT2D eigenvalue weighted by Gasteiger charge is -2.10. The third kappa shape index (κ3) is 3.21. The number of carbonyl (C=O) groups is 1. The molecular weight excluding hydrogens is 392 g/mol. The van der Waals surface area contributed by atoms with Crippen molar-refractivity contribution in [1.82, 2.24) is 30.2 Å². The molecule has 0 spiro atoms. The van der Waals surface area contributed by atoms with E-state index in [2.05, 4.69) is 25.5 Å². The number of aromatic amines is 1. The molecule has 3 heterocycles. The highest BCUT2D eigenvalue weighted by atomic mass is 32.1. The van der Waals surface area contributed by atoms with Crippen LogP contribution in [0.15, 0.2) is 35.4 Å². The first-order valence-electron chi connectivity index (χ1n) is 9.23. The number of carbonyl (C=O) groups excluding carboxylic acids is 1. The molecule has 10 heteroatoms. The molecule has 0 atom stereocenters. The summed E-state index contributed by atoms with van der Waals surface area (Å²) in [5, 5.41) is 11.7. The summed E-state index contributed by atoms with van der Waals surface area (Å²) in [6.45, 7) is -0.128. The first kappa shape index (κ1) is 17.7. The first-order valence-corrected chi connectivity index (χ1v) is 10.1. The Morgan fingerprint density at radius 3 is 2.97 bits per heavy atom. The van der Waals surface area contributed by atoms with Crippen molar-refractivity contribution >= 4 is 27.5 Å². The zero-order valence-corrected chi connectivity index (χ0v) is 16.1. The SMILES string of the molecule is O=C(OCc1nc2sc3c(c2c(=O)[nH]1)CCCC3)c1ccccc1-n1cnnn1. The number of para-hydroxylation sites is 1. The summed E-state index contributed by atoms with van der Waals surface area (Å²) >= 11 is 1.56. The second-order valence-corrected chi connectivity index (χ2v) is 7.83. The highest BCUT2D eigenvalue weighted by molar-refractivity contribution is 7.18. The van der Waals surface area contributed by atoms with E-state index in [1.807, 2.05) is 0 Å². The number of nitrogens with one attached hydrogen (secondary N) is 1. The molecule has 0 unspecified atom stereocenters. The standard InChI is InChI=1S/C19H16N6O3S/c26-17-16-12-6-2-4-8-14(12)29-18(16)22-15(21-17)9-28-19(27)11-5-1-3-7-13(11)25-10-20-23-24-25/h1,3,5,7,10H,2,4,6,8-9H2,(H,21,22,26). The van der Waals surface area contributed by atoms with Crippen molar-refractivity contribution in [2.75, 3.05) is 0 Å². The zero-order chi connectivity index (χ0) is 19.8. The quantitative estimate of drug-likeness (QED) is 0.515. The minimum Gasteiger partial charge on any atom is -0.454 e. The van der Waals surface area contributed by atoms with E-state index in [0.29, 0.717) is 27.3 Å². The summed E-state index contributed by atoms with van der Waals surface area (Å²) in [5.41, 5.74) is 1.78. The van der Waals surface area contributed by atoms with Gasteiger partial charge in [-0.2, -0.15) is 4.68 Å². The summed E-state index contributed by atoms with van der Waals surface area (Å²) in [5.74, 6) is -0.223. The van der Waals surface area contributed by atoms with Gasteiger partial charge in [-0.25, -0.2) is 9.78 Å². The van der Waals surface area contributed by atoms with Crippen LogP contribution < -0.4 is 5.56 Å². The van der Waals surface area contributed by atoms with Crippen molar-refractivity contribution in [3.8, 4) is 5.69 Å². The molecule has 5 rings (SSSR count). The van der Waals surface area contributed by atoms with Gasteiger partial charge in [0.05, 0.1) is 16.6 Å². The van der Waals surface area contributed by atoms with E-state index in [4.69, 9.17) is 4.74 Å². The van der Waals surface area contributed by atoms with E-state index in [1.54, 1.807) is 35.6 Å². The van der Waals surface area contributed by atoms with Gasteiger partial charge in [0.2, 0.25) is 0 Å². The molecule has 9 nitrogen and oxygen atoms in total. The van der Waals surface area contributed by atoms with Gasteiger partial charge in [0.25, 0.3) is 5.56 Å². The summed E-state index contributed by atoms with van der Waals surface area (Å²) in [6.07, 6.45) is 5.55. The number of ether oxygens (including phenoxy) is 1. The number of benzene rings is 1. The fourth-order valence-electron chi connectivity index (χ4n) is 3.61. The van der Waals surface area contributed by atoms with E-state index < -0.39 is 5.97 Å². The fraction of sp³-hybridized carbons (Fsp3) is 0.263. The fourth-order valence-corrected chi connectivity index (χ4v) is 4.89. The van der Waals surface area contributed by atoms with Crippen LogP contribution in [0.3, 0.4) is 0 Å². The first-order chi connectivity index (χ1) is 14.2. The minimum atomic E-state index is -0.552. The second kappa shape index (κ2) is 7.21. The number of rotatable bonds is 4. The van der Waals surface area contributed by atoms with Gasteiger partial charge >= 0.3 is 5.97 Å². The minimum absolute atomic E-state index is 0.128. The molecule has 0 amide bonds. The average Bonchev–Trinajstić information content (AvgIpc) is 3.40. The van der Waals surface area contributed by atoms with Crippen LogP contribution in [0.1, 0.15) is 39.5 Å². The Morgan fingerprint density at radius 2 is 2.10 bits per heavy atom. The molecule has 1 aliphatic carbocycles. The van der Waals surface area contributed by atoms with Gasteiger partial charge in [-0.15, -0.1) is 16.4 Å². The van der Waals surface area contributed by atoms with E-state index in [0.717, 1.165) is 31.2 Å². The van der Waals surface area contributed by atoms with Gasteiger partial charge in [-0.1, -0.05) is 12.1 Å². The Kier molecular flexibility index (Phi) is 4.39. The number of nitrogens with zero attached hydrogens (tertiary/aromatic N) is 5. The predicted molar refractivity (Wildman–Crippen MR) is 105 cm³/mol. The van der Waals surface area contributed by atoms with Crippen molar-refractivity contribution < 1.29 is 9.53 Å². The van der Waals surface area contributed by atoms with Gasteiger partial charge < -0.3 is 9.72 Å². The van der Waals surface area contributed by atoms with Crippen molar-refractivity contribution in [1.29, 1.82) is 0 Å². The number of tetrazole rings is 1. The predicted octanol–water partition coefficient (Wildman–Crippen LogP) is 2.20. The summed E-state index contributed by atoms with van der Waals surface area (Å²) < 4.78 is 6.80. The molecule has 146 valence electrons. The highest BCUT2D eigenvalue weighted by Gasteiger charge is 2.20. The molecule has 0 aliphatic heterocycles. The largest absolute Gasteiger partial charge is 0.454 e. The molecule has 0 bridgehead atoms. The van der Waals surface area contributed by atoms with Crippen LogP contribution in [0.5, 0.6) is 0 Å². The Balaban J connectivity index is 1.40. The number of thiophene rings is 1. The number of H-pyrrole nitrogens is 1. The van der Waals surface area contributed by atoms with Crippen LogP contribution in [0.4, 0.5) is 0 Å². The van der Waals surface area contributed by atoms with Crippen LogP contribution >= 0.6 is 11.3 Å². The Labute approximate surface area is 168 Å². The normalized spacial score (nSPS) is 13.4. The average molecular weight is 408 g/mol. The topological polar surface area (TPSA) is 116 Å². The smallest absolute Gasteiger partial charge is 0.340 e. The Hall–Kier alpha value is -3.40. The van der Waals surface area contributed by atoms with Gasteiger partial charge in [-0.3, -0.25) is 4.79 Å². The van der Waals surface area contributed by atoms with E-state index in [9.17, 15) is 9.59 Å². The molecule has 1 N–H and O–H groups in total. The number of aromatic nitrogens is 6. The van der Waals surface area contributed by atoms with E-state index in [1.165, 1.54) is 15.9 Å². The lowest BCUT2D eigenvalue weighted by atomic mass is 9.97. The van der Waals surface area contributed by atoms with Gasteiger partial charge in [0, 0.05) is 4.88 Å². The molecule has 29 heavy (non-hydrogen) atoms. The number of hydrogen-bond donors (Lipinski definition) is 1. The van der Waals surface area contributed by atoms with Crippen LogP contribution in [-0.4, -0.2) is 36.1 Å². The number of hydrogen-bond acceptors (Lipinski definition) is 8. The van der Waals surface area contributed by atoms with Gasteiger partial charge in [-0.05, 0) is 53.8 Å². The maximum absolute atomic E-state index is 12.6. The van der Waals surface area contributed by atoms with Crippen LogP contribution in [-0.2, 0) is 24.2 Å². The van der Waals surface area contributed by atoms with Crippen LogP contribution in [0, 0.1) is 0 Å². The van der Waals surface area contributed by atoms with Gasteiger partial charge in [0.15, 0.2) is 0 Å². The molecule has 1 aliphatic rings. The molecule has 0 radical (unpaired) electrons. The number of esters is 1. The van der Waals surface area contributed by atoms with Crippen molar-refractivity contribution in [3.05, 3.63) is 62.8 Å². The highest BCUT2D eigenvalue weighted by Crippen LogP contribution is 2.33. The molecule has 4 aromatic rings. The van der Waals surface area contributed by atoms with Crippen molar-refractivity contribution in [2.45, 2.75) is 32.3 Å². The molecular formula is C19H16N6O3S. The molecule has 0 saturated heterocycles. The lowest BCUT2D eigenvalue weighted by Crippen LogP contribution is -2.16. The van der Waals surface area contributed by atoms with Crippen LogP contribution in [0.2, 0.25) is 0 Å². The lowest BCUT2D eigenvalue weighted by molar-refractivity contribution is 0.0462. The zero-order valence-electron chi connectivity index (χ0n) is 15.3. The maximum Gasteiger partial charge on any atom is 0.340 e. The third-order valence-electron chi connectivity index (χ3n) is 4.93. The third-order valence-corrected chi connectivity index (χ3v) is 6.12. The summed E-state index contributed by atoms with van der Waals surface area (Å²) in [4.78, 5) is 34.5. The second-order valence-electron chi connectivity index (χ2n) is 6.75. The number of aryl methyl sites for hydroxylation is 2. The van der Waals surface area contributed by atoms with Crippen molar-refractivity contribution in [3.63, 3.8) is 0 Å². The van der Waals surface area contributed by atoms with E-state index >= 15 is 0 Å². The monoisotopic (exact) mass is 408 g/mol. The number of fused-ring (bicyclic) bond motifs is 3. The van der Waals surface area contributed by atoms with Crippen LogP contribution in [0.25, 0.3) is 15.9 Å². The Morgan fingerprint density at radius 1 is 1.24 bits per heavy atom. The Bertz CT molecular complexity index is 1260. The van der Waals surface area contributed by atoms with E-state index in [-0.39, 0.29) is 12.2 Å². The summed E-state index contributed by atoms with van der Waals surface area (Å²) in [7, 11) is 0. The molecule has 1 aromatic carbocycles. The van der Waals surface area contributed by atoms with Crippen molar-refractivity contribution in [2.24, 2.45) is 0 Å². The molecule has 0 saturated carbocycles. The van der Waals surface area contributed by atoms with Gasteiger partial charge in [0.1, 0.15) is 23.6 Å². The molecule has 3 aromatic heterocycles. The maximum atomic E-state index is 12.6. The summed E-state index contributed by atoms with van der Waals surface area (Å²) in [6, 6.07) is 6.85.